The van der Waals surface area contributed by atoms with Crippen LogP contribution in [0.2, 0.25) is 0 Å². The Morgan fingerprint density at radius 1 is 1.47 bits per heavy atom. The van der Waals surface area contributed by atoms with Gasteiger partial charge >= 0.3 is 0 Å². The first-order valence-electron chi connectivity index (χ1n) is 4.67. The van der Waals surface area contributed by atoms with Crippen molar-refractivity contribution < 1.29 is 8.42 Å². The minimum Gasteiger partial charge on any atom is -0.212 e. The summed E-state index contributed by atoms with van der Waals surface area (Å²) in [7, 11) is -3.23. The van der Waals surface area contributed by atoms with Gasteiger partial charge in [-0.05, 0) is 12.5 Å². The summed E-state index contributed by atoms with van der Waals surface area (Å²) in [5, 5.41) is 0. The second-order valence-electron chi connectivity index (χ2n) is 3.39. The highest BCUT2D eigenvalue weighted by Crippen LogP contribution is 2.07. The fourth-order valence-electron chi connectivity index (χ4n) is 1.26. The molecule has 0 atom stereocenters. The van der Waals surface area contributed by atoms with Crippen molar-refractivity contribution in [3.63, 3.8) is 0 Å². The fraction of sp³-hybridized carbons (Fsp3) is 0.273. The van der Waals surface area contributed by atoms with E-state index in [0.29, 0.717) is 0 Å². The van der Waals surface area contributed by atoms with E-state index in [1.807, 2.05) is 25.1 Å². The number of aryl methyl sites for hydroxylation is 1. The lowest BCUT2D eigenvalue weighted by atomic mass is 10.2. The average molecular weight is 225 g/mol. The molecule has 0 unspecified atom stereocenters. The second kappa shape index (κ2) is 5.09. The molecule has 0 aliphatic heterocycles. The fourth-order valence-corrected chi connectivity index (χ4v) is 2.35. The van der Waals surface area contributed by atoms with Crippen molar-refractivity contribution in [3.8, 4) is 0 Å². The Bertz CT molecular complexity index is 438. The maximum atomic E-state index is 11.5. The summed E-state index contributed by atoms with van der Waals surface area (Å²) in [6.07, 6.45) is 1.52. The van der Waals surface area contributed by atoms with Crippen LogP contribution >= 0.6 is 0 Å². The SMILES string of the molecule is C=CCNS(=O)(=O)Cc1cccc(C)c1. The molecule has 0 saturated carbocycles. The van der Waals surface area contributed by atoms with E-state index in [9.17, 15) is 8.42 Å². The van der Waals surface area contributed by atoms with E-state index >= 15 is 0 Å². The van der Waals surface area contributed by atoms with Gasteiger partial charge in [0.2, 0.25) is 10.0 Å². The lowest BCUT2D eigenvalue weighted by molar-refractivity contribution is 0.585. The highest BCUT2D eigenvalue weighted by atomic mass is 32.2. The molecule has 0 heterocycles. The van der Waals surface area contributed by atoms with Gasteiger partial charge in [-0.1, -0.05) is 35.9 Å². The van der Waals surface area contributed by atoms with Crippen LogP contribution in [-0.4, -0.2) is 15.0 Å². The Labute approximate surface area is 90.9 Å². The van der Waals surface area contributed by atoms with Crippen molar-refractivity contribution in [2.75, 3.05) is 6.54 Å². The summed E-state index contributed by atoms with van der Waals surface area (Å²) in [5.41, 5.74) is 1.86. The first kappa shape index (κ1) is 11.9. The Balaban J connectivity index is 2.73. The second-order valence-corrected chi connectivity index (χ2v) is 5.19. The molecule has 1 aromatic rings. The molecule has 0 bridgehead atoms. The van der Waals surface area contributed by atoms with Crippen LogP contribution in [0.1, 0.15) is 11.1 Å². The van der Waals surface area contributed by atoms with Crippen molar-refractivity contribution >= 4 is 10.0 Å². The summed E-state index contributed by atoms with van der Waals surface area (Å²) in [5.74, 6) is 0.0164. The Morgan fingerprint density at radius 3 is 2.80 bits per heavy atom. The third kappa shape index (κ3) is 4.27. The molecule has 15 heavy (non-hydrogen) atoms. The van der Waals surface area contributed by atoms with Crippen LogP contribution < -0.4 is 4.72 Å². The molecule has 0 amide bonds. The third-order valence-corrected chi connectivity index (χ3v) is 3.21. The highest BCUT2D eigenvalue weighted by molar-refractivity contribution is 7.88. The summed E-state index contributed by atoms with van der Waals surface area (Å²) in [6, 6.07) is 7.47. The van der Waals surface area contributed by atoms with Crippen molar-refractivity contribution in [2.45, 2.75) is 12.7 Å². The molecule has 82 valence electrons. The number of benzene rings is 1. The van der Waals surface area contributed by atoms with Gasteiger partial charge in [0.05, 0.1) is 5.75 Å². The molecule has 0 radical (unpaired) electrons. The molecule has 0 aromatic heterocycles. The zero-order chi connectivity index (χ0) is 11.3. The maximum Gasteiger partial charge on any atom is 0.216 e. The van der Waals surface area contributed by atoms with Gasteiger partial charge in [0.15, 0.2) is 0 Å². The smallest absolute Gasteiger partial charge is 0.212 e. The van der Waals surface area contributed by atoms with Gasteiger partial charge in [0.25, 0.3) is 0 Å². The zero-order valence-electron chi connectivity index (χ0n) is 8.73. The van der Waals surface area contributed by atoms with Crippen LogP contribution in [-0.2, 0) is 15.8 Å². The number of nitrogens with one attached hydrogen (secondary N) is 1. The lowest BCUT2D eigenvalue weighted by Crippen LogP contribution is -2.25. The van der Waals surface area contributed by atoms with Crippen LogP contribution in [0.15, 0.2) is 36.9 Å². The van der Waals surface area contributed by atoms with E-state index in [-0.39, 0.29) is 12.3 Å². The predicted molar refractivity (Wildman–Crippen MR) is 62.0 cm³/mol. The molecule has 0 aliphatic carbocycles. The van der Waals surface area contributed by atoms with Crippen LogP contribution in [0.4, 0.5) is 0 Å². The molecule has 1 N–H and O–H groups in total. The molecule has 1 rings (SSSR count). The summed E-state index contributed by atoms with van der Waals surface area (Å²) < 4.78 is 25.5. The zero-order valence-corrected chi connectivity index (χ0v) is 9.55. The van der Waals surface area contributed by atoms with Crippen molar-refractivity contribution in [2.24, 2.45) is 0 Å². The molecule has 0 spiro atoms. The molecule has 4 heteroatoms. The molecule has 1 aromatic carbocycles. The first-order chi connectivity index (χ1) is 7.03. The molecular weight excluding hydrogens is 210 g/mol. The van der Waals surface area contributed by atoms with Gasteiger partial charge in [-0.15, -0.1) is 6.58 Å². The Kier molecular flexibility index (Phi) is 4.05. The normalized spacial score (nSPS) is 11.3. The van der Waals surface area contributed by atoms with E-state index in [0.717, 1.165) is 11.1 Å². The maximum absolute atomic E-state index is 11.5. The van der Waals surface area contributed by atoms with Crippen LogP contribution in [0.25, 0.3) is 0 Å². The van der Waals surface area contributed by atoms with E-state index in [1.54, 1.807) is 6.07 Å². The highest BCUT2D eigenvalue weighted by Gasteiger charge is 2.09. The standard InChI is InChI=1S/C11H15NO2S/c1-3-7-12-15(13,14)9-11-6-4-5-10(2)8-11/h3-6,8,12H,1,7,9H2,2H3. The molecular formula is C11H15NO2S. The van der Waals surface area contributed by atoms with Crippen molar-refractivity contribution in [1.29, 1.82) is 0 Å². The third-order valence-electron chi connectivity index (χ3n) is 1.89. The van der Waals surface area contributed by atoms with Gasteiger partial charge < -0.3 is 0 Å². The molecule has 3 nitrogen and oxygen atoms in total. The quantitative estimate of drug-likeness (QED) is 0.774. The summed E-state index contributed by atoms with van der Waals surface area (Å²) in [6.45, 7) is 5.67. The molecule has 0 saturated heterocycles. The van der Waals surface area contributed by atoms with Gasteiger partial charge in [-0.25, -0.2) is 13.1 Å². The minimum atomic E-state index is -3.23. The first-order valence-corrected chi connectivity index (χ1v) is 6.32. The van der Waals surface area contributed by atoms with Gasteiger partial charge in [0, 0.05) is 6.54 Å². The topological polar surface area (TPSA) is 46.2 Å². The number of hydrogen-bond donors (Lipinski definition) is 1. The van der Waals surface area contributed by atoms with Crippen molar-refractivity contribution in [3.05, 3.63) is 48.0 Å². The van der Waals surface area contributed by atoms with Gasteiger partial charge in [-0.2, -0.15) is 0 Å². The predicted octanol–water partition coefficient (Wildman–Crippen LogP) is 1.60. The summed E-state index contributed by atoms with van der Waals surface area (Å²) in [4.78, 5) is 0. The van der Waals surface area contributed by atoms with Crippen LogP contribution in [0, 0.1) is 6.92 Å². The number of sulfonamides is 1. The largest absolute Gasteiger partial charge is 0.216 e. The van der Waals surface area contributed by atoms with E-state index in [1.165, 1.54) is 6.08 Å². The average Bonchev–Trinajstić information content (AvgIpc) is 2.14. The Morgan fingerprint density at radius 2 is 2.20 bits per heavy atom. The Hall–Kier alpha value is -1.13. The van der Waals surface area contributed by atoms with E-state index in [2.05, 4.69) is 11.3 Å². The van der Waals surface area contributed by atoms with Gasteiger partial charge in [0.1, 0.15) is 0 Å². The number of hydrogen-bond acceptors (Lipinski definition) is 2. The number of rotatable bonds is 5. The van der Waals surface area contributed by atoms with E-state index < -0.39 is 10.0 Å². The lowest BCUT2D eigenvalue weighted by Gasteiger charge is -2.05. The van der Waals surface area contributed by atoms with Crippen LogP contribution in [0.3, 0.4) is 0 Å². The van der Waals surface area contributed by atoms with Crippen molar-refractivity contribution in [1.82, 2.24) is 4.72 Å². The summed E-state index contributed by atoms with van der Waals surface area (Å²) >= 11 is 0. The van der Waals surface area contributed by atoms with Gasteiger partial charge in [-0.3, -0.25) is 0 Å². The van der Waals surface area contributed by atoms with Crippen LogP contribution in [0.5, 0.6) is 0 Å². The minimum absolute atomic E-state index is 0.0164. The molecule has 0 fully saturated rings. The molecule has 0 aliphatic rings. The van der Waals surface area contributed by atoms with E-state index in [4.69, 9.17) is 0 Å². The monoisotopic (exact) mass is 225 g/mol.